The monoisotopic (exact) mass is 373 g/mol. The Labute approximate surface area is 155 Å². The molecule has 1 aliphatic rings. The molecular formula is C19H20FN3O4. The van der Waals surface area contributed by atoms with Crippen LogP contribution >= 0.6 is 0 Å². The van der Waals surface area contributed by atoms with Crippen molar-refractivity contribution in [3.63, 3.8) is 0 Å². The number of halogens is 1. The van der Waals surface area contributed by atoms with Crippen molar-refractivity contribution < 1.29 is 23.5 Å². The molecule has 1 heterocycles. The second-order valence-corrected chi connectivity index (χ2v) is 6.32. The number of carbonyl (C=O) groups is 2. The summed E-state index contributed by atoms with van der Waals surface area (Å²) in [5.74, 6) is -1.13. The molecule has 1 aromatic heterocycles. The van der Waals surface area contributed by atoms with Gasteiger partial charge in [0.1, 0.15) is 6.10 Å². The van der Waals surface area contributed by atoms with E-state index in [9.17, 15) is 14.0 Å². The lowest BCUT2D eigenvalue weighted by molar-refractivity contribution is 0.0600. The third-order valence-electron chi connectivity index (χ3n) is 4.45. The summed E-state index contributed by atoms with van der Waals surface area (Å²) in [6.07, 6.45) is 5.09. The number of ether oxygens (including phenoxy) is 2. The number of amides is 1. The van der Waals surface area contributed by atoms with Crippen LogP contribution in [0.25, 0.3) is 0 Å². The van der Waals surface area contributed by atoms with Gasteiger partial charge in [-0.25, -0.2) is 19.2 Å². The fraction of sp³-hybridized carbons (Fsp3) is 0.368. The molecule has 0 unspecified atom stereocenters. The van der Waals surface area contributed by atoms with Crippen molar-refractivity contribution >= 4 is 11.9 Å². The Hall–Kier alpha value is -3.03. The van der Waals surface area contributed by atoms with E-state index in [1.807, 2.05) is 0 Å². The first-order chi connectivity index (χ1) is 13.0. The van der Waals surface area contributed by atoms with Crippen LogP contribution < -0.4 is 10.1 Å². The lowest BCUT2D eigenvalue weighted by Gasteiger charge is -2.28. The zero-order chi connectivity index (χ0) is 19.2. The quantitative estimate of drug-likeness (QED) is 0.810. The van der Waals surface area contributed by atoms with Crippen molar-refractivity contribution in [3.05, 3.63) is 53.6 Å². The average molecular weight is 373 g/mol. The van der Waals surface area contributed by atoms with Gasteiger partial charge in [-0.05, 0) is 49.9 Å². The molecule has 1 fully saturated rings. The molecule has 27 heavy (non-hydrogen) atoms. The first kappa shape index (κ1) is 18.8. The highest BCUT2D eigenvalue weighted by Crippen LogP contribution is 2.22. The maximum atomic E-state index is 12.8. The molecule has 0 bridgehead atoms. The number of hydrogen-bond acceptors (Lipinski definition) is 6. The highest BCUT2D eigenvalue weighted by molar-refractivity contribution is 5.96. The number of methoxy groups -OCH3 is 1. The van der Waals surface area contributed by atoms with Crippen molar-refractivity contribution in [2.75, 3.05) is 7.11 Å². The molecule has 1 aromatic carbocycles. The Morgan fingerprint density at radius 2 is 1.63 bits per heavy atom. The molecule has 1 aliphatic carbocycles. The van der Waals surface area contributed by atoms with Gasteiger partial charge in [0.25, 0.3) is 5.91 Å². The molecule has 0 atom stereocenters. The van der Waals surface area contributed by atoms with Crippen LogP contribution in [0.4, 0.5) is 4.39 Å². The van der Waals surface area contributed by atoms with E-state index in [2.05, 4.69) is 20.0 Å². The minimum atomic E-state index is -0.506. The summed E-state index contributed by atoms with van der Waals surface area (Å²) in [5, 5.41) is 3.00. The topological polar surface area (TPSA) is 90.4 Å². The molecule has 2 aromatic rings. The van der Waals surface area contributed by atoms with Crippen LogP contribution in [-0.2, 0) is 4.74 Å². The Morgan fingerprint density at radius 1 is 1.04 bits per heavy atom. The van der Waals surface area contributed by atoms with Gasteiger partial charge >= 0.3 is 12.0 Å². The first-order valence-corrected chi connectivity index (χ1v) is 8.68. The largest absolute Gasteiger partial charge is 0.465 e. The Morgan fingerprint density at radius 3 is 2.22 bits per heavy atom. The fourth-order valence-electron chi connectivity index (χ4n) is 2.98. The number of aromatic nitrogens is 2. The molecule has 1 saturated carbocycles. The van der Waals surface area contributed by atoms with Gasteiger partial charge in [-0.15, -0.1) is 0 Å². The van der Waals surface area contributed by atoms with E-state index < -0.39 is 11.8 Å². The fourth-order valence-corrected chi connectivity index (χ4v) is 2.98. The predicted molar refractivity (Wildman–Crippen MR) is 93.9 cm³/mol. The molecular weight excluding hydrogens is 353 g/mol. The minimum absolute atomic E-state index is 0.0479. The second kappa shape index (κ2) is 8.57. The van der Waals surface area contributed by atoms with Gasteiger partial charge in [-0.1, -0.05) is 0 Å². The smallest absolute Gasteiger partial charge is 0.337 e. The van der Waals surface area contributed by atoms with E-state index in [4.69, 9.17) is 4.74 Å². The zero-order valence-electron chi connectivity index (χ0n) is 14.9. The van der Waals surface area contributed by atoms with Gasteiger partial charge < -0.3 is 14.8 Å². The SMILES string of the molecule is COC(=O)c1ccc(C(=O)NC2CCC(Oc3ncc(F)cn3)CC2)cc1. The summed E-state index contributed by atoms with van der Waals surface area (Å²) in [6.45, 7) is 0. The van der Waals surface area contributed by atoms with Crippen LogP contribution in [0, 0.1) is 5.82 Å². The van der Waals surface area contributed by atoms with E-state index in [0.29, 0.717) is 11.1 Å². The van der Waals surface area contributed by atoms with Crippen LogP contribution in [0.3, 0.4) is 0 Å². The van der Waals surface area contributed by atoms with Gasteiger partial charge in [0, 0.05) is 11.6 Å². The van der Waals surface area contributed by atoms with Crippen molar-refractivity contribution in [1.82, 2.24) is 15.3 Å². The average Bonchev–Trinajstić information content (AvgIpc) is 2.70. The lowest BCUT2D eigenvalue weighted by atomic mass is 9.92. The first-order valence-electron chi connectivity index (χ1n) is 8.68. The summed E-state index contributed by atoms with van der Waals surface area (Å²) in [6, 6.07) is 6.54. The molecule has 0 saturated heterocycles. The molecule has 0 radical (unpaired) electrons. The van der Waals surface area contributed by atoms with Crippen molar-refractivity contribution in [1.29, 1.82) is 0 Å². The Bertz CT molecular complexity index is 788. The van der Waals surface area contributed by atoms with E-state index in [-0.39, 0.29) is 24.1 Å². The summed E-state index contributed by atoms with van der Waals surface area (Å²) in [4.78, 5) is 31.4. The number of benzene rings is 1. The van der Waals surface area contributed by atoms with E-state index in [1.54, 1.807) is 24.3 Å². The molecule has 8 heteroatoms. The van der Waals surface area contributed by atoms with Crippen molar-refractivity contribution in [3.8, 4) is 6.01 Å². The zero-order valence-corrected chi connectivity index (χ0v) is 14.9. The lowest BCUT2D eigenvalue weighted by Crippen LogP contribution is -2.39. The van der Waals surface area contributed by atoms with Crippen LogP contribution in [0.1, 0.15) is 46.4 Å². The number of hydrogen-bond donors (Lipinski definition) is 1. The maximum Gasteiger partial charge on any atom is 0.337 e. The van der Waals surface area contributed by atoms with Gasteiger partial charge in [0.15, 0.2) is 5.82 Å². The number of nitrogens with zero attached hydrogens (tertiary/aromatic N) is 2. The molecule has 1 amide bonds. The van der Waals surface area contributed by atoms with Crippen molar-refractivity contribution in [2.24, 2.45) is 0 Å². The molecule has 1 N–H and O–H groups in total. The minimum Gasteiger partial charge on any atom is -0.465 e. The van der Waals surface area contributed by atoms with Gasteiger partial charge in [-0.3, -0.25) is 4.79 Å². The number of carbonyl (C=O) groups excluding carboxylic acids is 2. The van der Waals surface area contributed by atoms with E-state index >= 15 is 0 Å². The summed E-state index contributed by atoms with van der Waals surface area (Å²) < 4.78 is 23.1. The molecule has 3 rings (SSSR count). The van der Waals surface area contributed by atoms with E-state index in [0.717, 1.165) is 38.1 Å². The third-order valence-corrected chi connectivity index (χ3v) is 4.45. The number of esters is 1. The Balaban J connectivity index is 1.47. The highest BCUT2D eigenvalue weighted by atomic mass is 19.1. The highest BCUT2D eigenvalue weighted by Gasteiger charge is 2.24. The normalized spacial score (nSPS) is 19.2. The maximum absolute atomic E-state index is 12.8. The molecule has 7 nitrogen and oxygen atoms in total. The summed E-state index contributed by atoms with van der Waals surface area (Å²) in [5.41, 5.74) is 0.885. The van der Waals surface area contributed by atoms with Gasteiger partial charge in [-0.2, -0.15) is 0 Å². The third kappa shape index (κ3) is 4.99. The van der Waals surface area contributed by atoms with Gasteiger partial charge in [0.05, 0.1) is 25.1 Å². The van der Waals surface area contributed by atoms with Crippen LogP contribution in [0.2, 0.25) is 0 Å². The second-order valence-electron chi connectivity index (χ2n) is 6.32. The van der Waals surface area contributed by atoms with Crippen LogP contribution in [0.15, 0.2) is 36.7 Å². The number of nitrogens with one attached hydrogen (secondary N) is 1. The van der Waals surface area contributed by atoms with Crippen molar-refractivity contribution in [2.45, 2.75) is 37.8 Å². The molecule has 0 spiro atoms. The van der Waals surface area contributed by atoms with Crippen LogP contribution in [0.5, 0.6) is 6.01 Å². The van der Waals surface area contributed by atoms with Gasteiger partial charge in [0.2, 0.25) is 0 Å². The molecule has 142 valence electrons. The number of rotatable bonds is 5. The summed E-state index contributed by atoms with van der Waals surface area (Å²) in [7, 11) is 1.31. The summed E-state index contributed by atoms with van der Waals surface area (Å²) >= 11 is 0. The predicted octanol–water partition coefficient (Wildman–Crippen LogP) is 2.52. The van der Waals surface area contributed by atoms with E-state index in [1.165, 1.54) is 7.11 Å². The Kier molecular flexibility index (Phi) is 5.95. The van der Waals surface area contributed by atoms with Crippen LogP contribution in [-0.4, -0.2) is 41.1 Å². The molecule has 0 aliphatic heterocycles. The standard InChI is InChI=1S/C19H20FN3O4/c1-26-18(25)13-4-2-12(3-5-13)17(24)23-15-6-8-16(9-7-15)27-19-21-10-14(20)11-22-19/h2-5,10-11,15-16H,6-9H2,1H3,(H,23,24).